The summed E-state index contributed by atoms with van der Waals surface area (Å²) in [6.07, 6.45) is 2.11. The lowest BCUT2D eigenvalue weighted by atomic mass is 9.74. The number of benzene rings is 2. The van der Waals surface area contributed by atoms with Crippen molar-refractivity contribution in [2.45, 2.75) is 24.8 Å². The van der Waals surface area contributed by atoms with E-state index >= 15 is 0 Å². The highest BCUT2D eigenvalue weighted by Crippen LogP contribution is 2.41. The van der Waals surface area contributed by atoms with Crippen molar-refractivity contribution in [3.8, 4) is 5.75 Å². The molecule has 0 radical (unpaired) electrons. The van der Waals surface area contributed by atoms with Crippen LogP contribution in [-0.2, 0) is 6.42 Å². The van der Waals surface area contributed by atoms with Crippen LogP contribution in [0.1, 0.15) is 35.1 Å². The van der Waals surface area contributed by atoms with Crippen LogP contribution in [0.2, 0.25) is 0 Å². The topological polar surface area (TPSA) is 35.2 Å². The maximum Gasteiger partial charge on any atom is 0.124 e. The van der Waals surface area contributed by atoms with E-state index in [1.54, 1.807) is 7.11 Å². The van der Waals surface area contributed by atoms with Gasteiger partial charge >= 0.3 is 0 Å². The molecule has 0 aromatic heterocycles. The van der Waals surface area contributed by atoms with Crippen molar-refractivity contribution in [2.75, 3.05) is 7.11 Å². The summed E-state index contributed by atoms with van der Waals surface area (Å²) < 4.78 is 6.45. The average molecular weight is 332 g/mol. The van der Waals surface area contributed by atoms with E-state index in [0.29, 0.717) is 5.92 Å². The van der Waals surface area contributed by atoms with Gasteiger partial charge in [-0.05, 0) is 42.0 Å². The average Bonchev–Trinajstić information content (AvgIpc) is 2.44. The number of ether oxygens (including phenoxy) is 1. The Morgan fingerprint density at radius 3 is 2.85 bits per heavy atom. The molecule has 0 bridgehead atoms. The molecular formula is C17H18BrNO. The third-order valence-corrected chi connectivity index (χ3v) is 4.59. The zero-order valence-electron chi connectivity index (χ0n) is 11.5. The van der Waals surface area contributed by atoms with Gasteiger partial charge in [0.2, 0.25) is 0 Å². The Balaban J connectivity index is 1.76. The highest BCUT2D eigenvalue weighted by molar-refractivity contribution is 9.10. The Hall–Kier alpha value is -1.32. The molecule has 0 heterocycles. The van der Waals surface area contributed by atoms with Crippen molar-refractivity contribution < 1.29 is 4.74 Å². The molecule has 0 saturated carbocycles. The second kappa shape index (κ2) is 5.58. The molecule has 0 saturated heterocycles. The smallest absolute Gasteiger partial charge is 0.124 e. The fraction of sp³-hybridized carbons (Fsp3) is 0.294. The quantitative estimate of drug-likeness (QED) is 0.911. The number of hydrogen-bond acceptors (Lipinski definition) is 2. The van der Waals surface area contributed by atoms with Gasteiger partial charge in [-0.1, -0.05) is 46.3 Å². The second-order valence-corrected chi connectivity index (χ2v) is 6.24. The Morgan fingerprint density at radius 1 is 1.30 bits per heavy atom. The maximum atomic E-state index is 6.39. The molecule has 1 aliphatic carbocycles. The first kappa shape index (κ1) is 13.7. The summed E-state index contributed by atoms with van der Waals surface area (Å²) in [6, 6.07) is 14.7. The minimum Gasteiger partial charge on any atom is -0.496 e. The van der Waals surface area contributed by atoms with Crippen LogP contribution in [0.4, 0.5) is 0 Å². The first-order valence-corrected chi connectivity index (χ1v) is 7.65. The van der Waals surface area contributed by atoms with E-state index < -0.39 is 0 Å². The molecule has 2 atom stereocenters. The van der Waals surface area contributed by atoms with Crippen LogP contribution in [0.3, 0.4) is 0 Å². The lowest BCUT2D eigenvalue weighted by molar-refractivity contribution is 0.399. The lowest BCUT2D eigenvalue weighted by Crippen LogP contribution is -2.23. The van der Waals surface area contributed by atoms with Crippen molar-refractivity contribution in [1.29, 1.82) is 0 Å². The van der Waals surface area contributed by atoms with E-state index in [0.717, 1.165) is 28.6 Å². The van der Waals surface area contributed by atoms with Crippen molar-refractivity contribution in [3.63, 3.8) is 0 Å². The van der Waals surface area contributed by atoms with E-state index in [1.165, 1.54) is 11.1 Å². The monoisotopic (exact) mass is 331 g/mol. The Bertz CT molecular complexity index is 626. The van der Waals surface area contributed by atoms with Crippen LogP contribution >= 0.6 is 15.9 Å². The van der Waals surface area contributed by atoms with E-state index in [1.807, 2.05) is 12.1 Å². The first-order chi connectivity index (χ1) is 9.69. The molecule has 2 unspecified atom stereocenters. The minimum atomic E-state index is 0.0106. The largest absolute Gasteiger partial charge is 0.496 e. The maximum absolute atomic E-state index is 6.39. The molecule has 0 fully saturated rings. The summed E-state index contributed by atoms with van der Waals surface area (Å²) in [5.41, 5.74) is 10.4. The standard InChI is InChI=1S/C17H18BrNO/c1-20-17-10-13(18)6-7-15(17)16(19)9-12-8-11-4-2-3-5-14(11)12/h2-7,10,12,16H,8-9,19H2,1H3. The van der Waals surface area contributed by atoms with Crippen LogP contribution in [0.25, 0.3) is 0 Å². The van der Waals surface area contributed by atoms with Gasteiger partial charge in [0, 0.05) is 16.1 Å². The molecule has 2 aromatic rings. The van der Waals surface area contributed by atoms with Crippen molar-refractivity contribution in [3.05, 3.63) is 63.6 Å². The minimum absolute atomic E-state index is 0.0106. The molecule has 2 aromatic carbocycles. The summed E-state index contributed by atoms with van der Waals surface area (Å²) in [7, 11) is 1.69. The number of hydrogen-bond donors (Lipinski definition) is 1. The van der Waals surface area contributed by atoms with Gasteiger partial charge in [-0.2, -0.15) is 0 Å². The van der Waals surface area contributed by atoms with Crippen molar-refractivity contribution in [1.82, 2.24) is 0 Å². The fourth-order valence-corrected chi connectivity index (χ4v) is 3.34. The van der Waals surface area contributed by atoms with E-state index in [4.69, 9.17) is 10.5 Å². The first-order valence-electron chi connectivity index (χ1n) is 6.86. The number of fused-ring (bicyclic) bond motifs is 1. The third-order valence-electron chi connectivity index (χ3n) is 4.09. The summed E-state index contributed by atoms with van der Waals surface area (Å²) in [5.74, 6) is 1.44. The van der Waals surface area contributed by atoms with Gasteiger partial charge in [-0.25, -0.2) is 0 Å². The molecule has 2 N–H and O–H groups in total. The molecule has 0 spiro atoms. The molecule has 0 aliphatic heterocycles. The SMILES string of the molecule is COc1cc(Br)ccc1C(N)CC1Cc2ccccc21. The van der Waals surface area contributed by atoms with Crippen LogP contribution in [0.5, 0.6) is 5.75 Å². The van der Waals surface area contributed by atoms with Gasteiger partial charge in [0.05, 0.1) is 7.11 Å². The number of methoxy groups -OCH3 is 1. The Labute approximate surface area is 128 Å². The van der Waals surface area contributed by atoms with E-state index in [9.17, 15) is 0 Å². The molecule has 0 amide bonds. The van der Waals surface area contributed by atoms with Gasteiger partial charge < -0.3 is 10.5 Å². The number of nitrogens with two attached hydrogens (primary N) is 1. The zero-order valence-corrected chi connectivity index (χ0v) is 13.1. The zero-order chi connectivity index (χ0) is 14.1. The summed E-state index contributed by atoms with van der Waals surface area (Å²) in [6.45, 7) is 0. The second-order valence-electron chi connectivity index (χ2n) is 5.33. The van der Waals surface area contributed by atoms with E-state index in [-0.39, 0.29) is 6.04 Å². The number of rotatable bonds is 4. The molecule has 2 nitrogen and oxygen atoms in total. The lowest BCUT2D eigenvalue weighted by Gasteiger charge is -2.32. The highest BCUT2D eigenvalue weighted by Gasteiger charge is 2.28. The van der Waals surface area contributed by atoms with Crippen LogP contribution in [0, 0.1) is 0 Å². The fourth-order valence-electron chi connectivity index (χ4n) is 3.00. The van der Waals surface area contributed by atoms with Crippen molar-refractivity contribution in [2.24, 2.45) is 5.73 Å². The van der Waals surface area contributed by atoms with Crippen LogP contribution in [0.15, 0.2) is 46.9 Å². The molecule has 3 heteroatoms. The number of halogens is 1. The Morgan fingerprint density at radius 2 is 2.10 bits per heavy atom. The summed E-state index contributed by atoms with van der Waals surface area (Å²) >= 11 is 3.46. The summed E-state index contributed by atoms with van der Waals surface area (Å²) in [5, 5.41) is 0. The highest BCUT2D eigenvalue weighted by atomic mass is 79.9. The van der Waals surface area contributed by atoms with Gasteiger partial charge in [0.1, 0.15) is 5.75 Å². The van der Waals surface area contributed by atoms with E-state index in [2.05, 4.69) is 46.3 Å². The molecular weight excluding hydrogens is 314 g/mol. The molecule has 104 valence electrons. The van der Waals surface area contributed by atoms with Crippen molar-refractivity contribution >= 4 is 15.9 Å². The normalized spacial score (nSPS) is 18.1. The van der Waals surface area contributed by atoms with Gasteiger partial charge in [0.15, 0.2) is 0 Å². The predicted molar refractivity (Wildman–Crippen MR) is 85.1 cm³/mol. The van der Waals surface area contributed by atoms with Gasteiger partial charge in [0.25, 0.3) is 0 Å². The molecule has 1 aliphatic rings. The van der Waals surface area contributed by atoms with Crippen LogP contribution in [-0.4, -0.2) is 7.11 Å². The van der Waals surface area contributed by atoms with Gasteiger partial charge in [-0.3, -0.25) is 0 Å². The van der Waals surface area contributed by atoms with Gasteiger partial charge in [-0.15, -0.1) is 0 Å². The summed E-state index contributed by atoms with van der Waals surface area (Å²) in [4.78, 5) is 0. The predicted octanol–water partition coefficient (Wildman–Crippen LogP) is 4.19. The third kappa shape index (κ3) is 2.48. The molecule has 20 heavy (non-hydrogen) atoms. The van der Waals surface area contributed by atoms with Crippen LogP contribution < -0.4 is 10.5 Å². The molecule has 3 rings (SSSR count). The Kier molecular flexibility index (Phi) is 3.81.